The van der Waals surface area contributed by atoms with E-state index in [0.717, 1.165) is 6.08 Å². The van der Waals surface area contributed by atoms with Gasteiger partial charge in [-0.25, -0.2) is 9.59 Å². The van der Waals surface area contributed by atoms with Crippen molar-refractivity contribution >= 4 is 17.7 Å². The van der Waals surface area contributed by atoms with E-state index in [9.17, 15) is 34.8 Å². The fourth-order valence-corrected chi connectivity index (χ4v) is 2.92. The van der Waals surface area contributed by atoms with Crippen LogP contribution in [0.1, 0.15) is 52.9 Å². The molecule has 4 atom stereocenters. The Morgan fingerprint density at radius 3 is 2.52 bits per heavy atom. The van der Waals surface area contributed by atoms with E-state index in [4.69, 9.17) is 4.74 Å². The van der Waals surface area contributed by atoms with Gasteiger partial charge in [-0.3, -0.25) is 4.79 Å². The van der Waals surface area contributed by atoms with Crippen LogP contribution in [0.3, 0.4) is 0 Å². The van der Waals surface area contributed by atoms with Gasteiger partial charge in [0, 0.05) is 12.8 Å². The number of cyclic esters (lactones) is 1. The summed E-state index contributed by atoms with van der Waals surface area (Å²) in [4.78, 5) is 35.2. The number of aliphatic carboxylic acids is 1. The molecule has 0 amide bonds. The van der Waals surface area contributed by atoms with E-state index in [1.54, 1.807) is 20.8 Å². The molecule has 0 aliphatic carbocycles. The number of allylic oxidation sites excluding steroid dienone is 3. The summed E-state index contributed by atoms with van der Waals surface area (Å²) in [5.41, 5.74) is -2.19. The van der Waals surface area contributed by atoms with Crippen LogP contribution >= 0.6 is 0 Å². The highest BCUT2D eigenvalue weighted by Gasteiger charge is 2.43. The summed E-state index contributed by atoms with van der Waals surface area (Å²) in [6.07, 6.45) is 1.32. The van der Waals surface area contributed by atoms with Crippen molar-refractivity contribution in [2.45, 2.75) is 70.7 Å². The molecule has 1 aliphatic heterocycles. The zero-order valence-electron chi connectivity index (χ0n) is 17.1. The number of carboxylic acids is 1. The summed E-state index contributed by atoms with van der Waals surface area (Å²) in [6.45, 7) is 8.81. The van der Waals surface area contributed by atoms with Crippen molar-refractivity contribution in [1.82, 2.24) is 0 Å². The molecule has 0 radical (unpaired) electrons. The molecule has 0 spiro atoms. The molecular formula is C21H30O8. The second kappa shape index (κ2) is 10.4. The summed E-state index contributed by atoms with van der Waals surface area (Å²) in [7, 11) is 0. The number of ether oxygens (including phenoxy) is 1. The highest BCUT2D eigenvalue weighted by atomic mass is 18.4. The summed E-state index contributed by atoms with van der Waals surface area (Å²) < 4.78 is 4.95. The van der Waals surface area contributed by atoms with Crippen molar-refractivity contribution in [2.24, 2.45) is 5.92 Å². The average molecular weight is 419 g/mol. The van der Waals surface area contributed by atoms with Crippen LogP contribution in [0.25, 0.3) is 0 Å². The maximum absolute atomic E-state index is 11.9. The van der Waals surface area contributed by atoms with E-state index < -0.39 is 41.4 Å². The van der Waals surface area contributed by atoms with E-state index in [2.05, 4.69) is 6.58 Å². The molecule has 29 heavy (non-hydrogen) atoms. The number of esters is 1. The van der Waals surface area contributed by atoms with Gasteiger partial charge in [-0.1, -0.05) is 38.5 Å². The summed E-state index contributed by atoms with van der Waals surface area (Å²) in [6, 6.07) is 0. The third kappa shape index (κ3) is 6.27. The molecule has 1 fully saturated rings. The van der Waals surface area contributed by atoms with Crippen LogP contribution in [0, 0.1) is 5.92 Å². The minimum atomic E-state index is -2.42. The van der Waals surface area contributed by atoms with Gasteiger partial charge in [0.25, 0.3) is 0 Å². The molecule has 8 heteroatoms. The molecule has 4 N–H and O–H groups in total. The zero-order valence-corrected chi connectivity index (χ0v) is 17.1. The molecule has 162 valence electrons. The lowest BCUT2D eigenvalue weighted by molar-refractivity contribution is -0.167. The number of ketones is 1. The smallest absolute Gasteiger partial charge is 0.345 e. The van der Waals surface area contributed by atoms with Crippen LogP contribution in [0.15, 0.2) is 35.6 Å². The molecule has 0 aromatic carbocycles. The second-order valence-electron chi connectivity index (χ2n) is 7.48. The molecule has 1 saturated heterocycles. The molecular weight excluding hydrogens is 389 g/mol. The summed E-state index contributed by atoms with van der Waals surface area (Å²) in [5.74, 6) is -3.67. The van der Waals surface area contributed by atoms with Crippen LogP contribution in [-0.2, 0) is 19.1 Å². The van der Waals surface area contributed by atoms with E-state index >= 15 is 0 Å². The zero-order chi connectivity index (χ0) is 22.4. The van der Waals surface area contributed by atoms with Crippen LogP contribution in [0.5, 0.6) is 0 Å². The van der Waals surface area contributed by atoms with Crippen molar-refractivity contribution < 1.29 is 39.5 Å². The number of carboxylic acid groups (broad SMARTS) is 1. The van der Waals surface area contributed by atoms with Gasteiger partial charge in [0.05, 0.1) is 6.10 Å². The van der Waals surface area contributed by atoms with E-state index in [1.165, 1.54) is 6.08 Å². The quantitative estimate of drug-likeness (QED) is 0.0803. The number of carbonyl (C=O) groups is 3. The van der Waals surface area contributed by atoms with Crippen molar-refractivity contribution in [1.29, 1.82) is 0 Å². The predicted octanol–water partition coefficient (Wildman–Crippen LogP) is 2.21. The van der Waals surface area contributed by atoms with Crippen LogP contribution in [-0.4, -0.2) is 56.0 Å². The highest BCUT2D eigenvalue weighted by Crippen LogP contribution is 2.25. The van der Waals surface area contributed by atoms with E-state index in [-0.39, 0.29) is 37.0 Å². The van der Waals surface area contributed by atoms with Crippen LogP contribution in [0.4, 0.5) is 0 Å². The Kier molecular flexibility index (Phi) is 8.79. The number of aliphatic hydroxyl groups excluding tert-OH is 2. The Bertz CT molecular complexity index is 700. The van der Waals surface area contributed by atoms with Crippen LogP contribution in [0.2, 0.25) is 0 Å². The van der Waals surface area contributed by atoms with Gasteiger partial charge < -0.3 is 25.2 Å². The normalized spacial score (nSPS) is 23.3. The van der Waals surface area contributed by atoms with Crippen molar-refractivity contribution in [2.75, 3.05) is 0 Å². The number of hydrogen-bond donors (Lipinski definition) is 4. The fourth-order valence-electron chi connectivity index (χ4n) is 2.92. The molecule has 1 heterocycles. The number of carbonyl (C=O) groups excluding carboxylic acids is 2. The molecule has 0 unspecified atom stereocenters. The Labute approximate surface area is 170 Å². The molecule has 0 aromatic rings. The highest BCUT2D eigenvalue weighted by molar-refractivity contribution is 6.19. The molecule has 1 aliphatic rings. The maximum Gasteiger partial charge on any atom is 0.345 e. The van der Waals surface area contributed by atoms with Gasteiger partial charge in [-0.2, -0.15) is 0 Å². The number of rotatable bonds is 10. The van der Waals surface area contributed by atoms with Crippen LogP contribution < -0.4 is 0 Å². The lowest BCUT2D eigenvalue weighted by atomic mass is 9.85. The Morgan fingerprint density at radius 1 is 1.38 bits per heavy atom. The van der Waals surface area contributed by atoms with Gasteiger partial charge >= 0.3 is 11.9 Å². The lowest BCUT2D eigenvalue weighted by Crippen LogP contribution is -2.50. The average Bonchev–Trinajstić information content (AvgIpc) is 2.63. The van der Waals surface area contributed by atoms with Gasteiger partial charge in [0.1, 0.15) is 17.4 Å². The van der Waals surface area contributed by atoms with Gasteiger partial charge in [0.2, 0.25) is 5.60 Å². The minimum absolute atomic E-state index is 0.00405. The SMILES string of the molecule is C=C(C/C=C/[C@@](O)(C(=O)O)[C@H](O)[C@@H](C)CC)CC/C(O)=C1/[13C](=[18O])C[13C@@H](C)[18O][13C]1=[18O]. The second-order valence-corrected chi connectivity index (χ2v) is 7.48. The van der Waals surface area contributed by atoms with Crippen molar-refractivity contribution in [3.8, 4) is 0 Å². The Morgan fingerprint density at radius 2 is 2.00 bits per heavy atom. The molecule has 0 saturated carbocycles. The monoisotopic (exact) mass is 419 g/mol. The van der Waals surface area contributed by atoms with Crippen molar-refractivity contribution in [3.63, 3.8) is 0 Å². The predicted molar refractivity (Wildman–Crippen MR) is 105 cm³/mol. The summed E-state index contributed by atoms with van der Waals surface area (Å²) >= 11 is 0. The largest absolute Gasteiger partial charge is 0.511 e. The first-order chi connectivity index (χ1) is 13.4. The number of Topliss-reactive ketones (excluding diaryl/α,β-unsaturated/α-hetero) is 1. The van der Waals surface area contributed by atoms with E-state index in [1.807, 2.05) is 0 Å². The number of hydrogen-bond acceptors (Lipinski definition) is 7. The Balaban J connectivity index is 2.73. The molecule has 8 nitrogen and oxygen atoms in total. The van der Waals surface area contributed by atoms with E-state index in [0.29, 0.717) is 12.0 Å². The first-order valence-corrected chi connectivity index (χ1v) is 9.58. The molecule has 1 rings (SSSR count). The molecule has 0 bridgehead atoms. The van der Waals surface area contributed by atoms with Gasteiger partial charge in [-0.05, 0) is 31.8 Å². The van der Waals surface area contributed by atoms with Gasteiger partial charge in [0.15, 0.2) is 5.78 Å². The Hall–Kier alpha value is -2.45. The van der Waals surface area contributed by atoms with Crippen molar-refractivity contribution in [3.05, 3.63) is 35.6 Å². The summed E-state index contributed by atoms with van der Waals surface area (Å²) in [5, 5.41) is 39.9. The standard InChI is InChI=1S/C21H30O8/c1-5-13(3)18(24)21(28,20(26)27)10-6-7-12(2)8-9-15(22)17-16(23)11-14(4)29-19(17)25/h6,10,13-14,18,22,24,28H,2,5,7-9,11H2,1,3-4H3,(H,26,27)/b10-6+,17-15+/t13-,14+,18+,21-/m0/s1/i14+1,16+1,19+1,23+2,25+2,29+2. The topological polar surface area (TPSA) is 141 Å². The number of aliphatic hydroxyl groups is 3. The first-order valence-electron chi connectivity index (χ1n) is 9.58. The fraction of sp³-hybridized carbons (Fsp3) is 0.571. The maximum atomic E-state index is 11.9. The minimum Gasteiger partial charge on any atom is -0.511 e. The first kappa shape index (κ1) is 24.6. The third-order valence-electron chi connectivity index (χ3n) is 5.02. The lowest BCUT2D eigenvalue weighted by Gasteiger charge is -2.29. The molecule has 0 aromatic heterocycles. The van der Waals surface area contributed by atoms with Gasteiger partial charge in [-0.15, -0.1) is 0 Å². The third-order valence-corrected chi connectivity index (χ3v) is 5.02.